The second-order valence-electron chi connectivity index (χ2n) is 9.32. The van der Waals surface area contributed by atoms with Gasteiger partial charge < -0.3 is 10.1 Å². The summed E-state index contributed by atoms with van der Waals surface area (Å²) in [4.78, 5) is 13.1. The van der Waals surface area contributed by atoms with Crippen molar-refractivity contribution in [3.63, 3.8) is 0 Å². The first-order chi connectivity index (χ1) is 14.4. The highest BCUT2D eigenvalue weighted by Gasteiger charge is 2.52. The summed E-state index contributed by atoms with van der Waals surface area (Å²) in [6.45, 7) is 8.84. The highest BCUT2D eigenvalue weighted by molar-refractivity contribution is 5.79. The molecular weight excluding hydrogens is 374 g/mol. The second kappa shape index (κ2) is 8.44. The predicted octanol–water partition coefficient (Wildman–Crippen LogP) is 4.54. The summed E-state index contributed by atoms with van der Waals surface area (Å²) < 4.78 is 7.31. The van der Waals surface area contributed by atoms with E-state index in [1.165, 1.54) is 36.8 Å². The van der Waals surface area contributed by atoms with Gasteiger partial charge in [-0.3, -0.25) is 9.48 Å². The number of nitrogens with zero attached hydrogens (tertiary/aromatic N) is 2. The van der Waals surface area contributed by atoms with E-state index in [-0.39, 0.29) is 17.9 Å². The summed E-state index contributed by atoms with van der Waals surface area (Å²) >= 11 is 0. The lowest BCUT2D eigenvalue weighted by molar-refractivity contribution is -0.128. The average Bonchev–Trinajstić information content (AvgIpc) is 2.99. The van der Waals surface area contributed by atoms with E-state index in [4.69, 9.17) is 4.74 Å². The Labute approximate surface area is 180 Å². The number of nitrogens with one attached hydrogen (secondary N) is 1. The number of amides is 1. The molecule has 4 rings (SSSR count). The van der Waals surface area contributed by atoms with Gasteiger partial charge in [-0.1, -0.05) is 31.9 Å². The van der Waals surface area contributed by atoms with Crippen LogP contribution in [-0.4, -0.2) is 28.8 Å². The number of aryl methyl sites for hydroxylation is 1. The highest BCUT2D eigenvalue weighted by Crippen LogP contribution is 2.54. The molecule has 2 aliphatic rings. The van der Waals surface area contributed by atoms with Crippen molar-refractivity contribution in [2.24, 2.45) is 17.8 Å². The van der Waals surface area contributed by atoms with Crippen molar-refractivity contribution in [3.05, 3.63) is 46.8 Å². The minimum atomic E-state index is -0.110. The molecule has 2 aliphatic carbocycles. The van der Waals surface area contributed by atoms with Gasteiger partial charge in [0, 0.05) is 17.7 Å². The number of rotatable bonds is 6. The van der Waals surface area contributed by atoms with Crippen LogP contribution in [0.3, 0.4) is 0 Å². The normalized spacial score (nSPS) is 26.4. The van der Waals surface area contributed by atoms with Crippen LogP contribution in [0.4, 0.5) is 0 Å². The lowest BCUT2D eigenvalue weighted by Crippen LogP contribution is -2.60. The van der Waals surface area contributed by atoms with E-state index in [0.717, 1.165) is 17.1 Å². The monoisotopic (exact) mass is 409 g/mol. The predicted molar refractivity (Wildman–Crippen MR) is 119 cm³/mol. The zero-order valence-corrected chi connectivity index (χ0v) is 18.9. The third-order valence-corrected chi connectivity index (χ3v) is 7.63. The van der Waals surface area contributed by atoms with Gasteiger partial charge in [0.05, 0.1) is 25.3 Å². The van der Waals surface area contributed by atoms with Gasteiger partial charge in [-0.25, -0.2) is 0 Å². The second-order valence-corrected chi connectivity index (χ2v) is 9.32. The quantitative estimate of drug-likeness (QED) is 0.762. The van der Waals surface area contributed by atoms with Gasteiger partial charge >= 0.3 is 0 Å². The zero-order chi connectivity index (χ0) is 21.4. The maximum Gasteiger partial charge on any atom is 0.224 e. The molecule has 5 atom stereocenters. The van der Waals surface area contributed by atoms with Crippen molar-refractivity contribution in [3.8, 4) is 5.75 Å². The summed E-state index contributed by atoms with van der Waals surface area (Å²) in [5, 5.41) is 8.06. The molecule has 2 fully saturated rings. The summed E-state index contributed by atoms with van der Waals surface area (Å²) in [6.07, 6.45) is 5.09. The molecule has 1 heterocycles. The third-order valence-electron chi connectivity index (χ3n) is 7.63. The number of hydrogen-bond acceptors (Lipinski definition) is 3. The molecule has 0 spiro atoms. The largest absolute Gasteiger partial charge is 0.497 e. The number of fused-ring (bicyclic) bond motifs is 1. The van der Waals surface area contributed by atoms with Crippen LogP contribution < -0.4 is 10.1 Å². The number of carbonyl (C=O) groups excluding carboxylic acids is 1. The van der Waals surface area contributed by atoms with Gasteiger partial charge in [0.15, 0.2) is 0 Å². The molecule has 1 N–H and O–H groups in total. The molecular formula is C25H35N3O2. The van der Waals surface area contributed by atoms with Gasteiger partial charge in [0.25, 0.3) is 0 Å². The topological polar surface area (TPSA) is 56.1 Å². The first kappa shape index (κ1) is 21.0. The number of hydrogen-bond donors (Lipinski definition) is 1. The summed E-state index contributed by atoms with van der Waals surface area (Å²) in [7, 11) is 1.70. The first-order valence-corrected chi connectivity index (χ1v) is 11.4. The fraction of sp³-hybridized carbons (Fsp3) is 0.600. The Hall–Kier alpha value is -2.30. The van der Waals surface area contributed by atoms with Crippen LogP contribution in [0.25, 0.3) is 0 Å². The summed E-state index contributed by atoms with van der Waals surface area (Å²) in [6, 6.07) is 8.67. The molecule has 0 saturated heterocycles. The van der Waals surface area contributed by atoms with Crippen molar-refractivity contribution < 1.29 is 9.53 Å². The standard InChI is InChI=1S/C25H35N3O2/c1-15(14-28-18(4)16(2)17(3)27-28)25(29)26-24-22-9-7-6-8-21(22)23(24)19-10-12-20(30-5)13-11-19/h10-13,15,21-24H,6-9,14H2,1-5H3,(H,26,29)/t15-,21+,22+,23-,24-/m0/s1. The third kappa shape index (κ3) is 3.75. The Kier molecular flexibility index (Phi) is 5.90. The van der Waals surface area contributed by atoms with Crippen LogP contribution in [0.2, 0.25) is 0 Å². The molecule has 5 heteroatoms. The zero-order valence-electron chi connectivity index (χ0n) is 18.9. The van der Waals surface area contributed by atoms with Crippen LogP contribution in [0.5, 0.6) is 5.75 Å². The van der Waals surface area contributed by atoms with Crippen LogP contribution in [-0.2, 0) is 11.3 Å². The first-order valence-electron chi connectivity index (χ1n) is 11.4. The fourth-order valence-corrected chi connectivity index (χ4v) is 5.56. The molecule has 0 aliphatic heterocycles. The Bertz CT molecular complexity index is 902. The molecule has 0 unspecified atom stereocenters. The van der Waals surface area contributed by atoms with Gasteiger partial charge in [-0.15, -0.1) is 0 Å². The summed E-state index contributed by atoms with van der Waals surface area (Å²) in [5.41, 5.74) is 4.74. The minimum absolute atomic E-state index is 0.110. The van der Waals surface area contributed by atoms with E-state index < -0.39 is 0 Å². The van der Waals surface area contributed by atoms with E-state index >= 15 is 0 Å². The maximum atomic E-state index is 13.1. The van der Waals surface area contributed by atoms with Crippen LogP contribution in [0.1, 0.15) is 61.0 Å². The van der Waals surface area contributed by atoms with E-state index in [1.54, 1.807) is 7.11 Å². The number of benzene rings is 1. The highest BCUT2D eigenvalue weighted by atomic mass is 16.5. The SMILES string of the molecule is COc1ccc([C@H]2[C@@H]3CCCC[C@H]3[C@@H]2NC(=O)[C@@H](C)Cn2nc(C)c(C)c2C)cc1. The minimum Gasteiger partial charge on any atom is -0.497 e. The van der Waals surface area contributed by atoms with E-state index in [2.05, 4.69) is 36.4 Å². The van der Waals surface area contributed by atoms with Crippen LogP contribution in [0.15, 0.2) is 24.3 Å². The molecule has 0 radical (unpaired) electrons. The number of aromatic nitrogens is 2. The van der Waals surface area contributed by atoms with Crippen molar-refractivity contribution in [2.45, 2.75) is 71.9 Å². The molecule has 0 bridgehead atoms. The van der Waals surface area contributed by atoms with Crippen molar-refractivity contribution in [1.82, 2.24) is 15.1 Å². The molecule has 1 aromatic carbocycles. The van der Waals surface area contributed by atoms with E-state index in [1.807, 2.05) is 30.7 Å². The smallest absolute Gasteiger partial charge is 0.224 e. The number of methoxy groups -OCH3 is 1. The Morgan fingerprint density at radius 3 is 2.43 bits per heavy atom. The Morgan fingerprint density at radius 1 is 1.17 bits per heavy atom. The number of carbonyl (C=O) groups is 1. The maximum absolute atomic E-state index is 13.1. The molecule has 162 valence electrons. The van der Waals surface area contributed by atoms with E-state index in [0.29, 0.717) is 24.3 Å². The van der Waals surface area contributed by atoms with Gasteiger partial charge in [-0.05, 0) is 68.7 Å². The molecule has 30 heavy (non-hydrogen) atoms. The number of ether oxygens (including phenoxy) is 1. The van der Waals surface area contributed by atoms with E-state index in [9.17, 15) is 4.79 Å². The molecule has 1 aromatic heterocycles. The average molecular weight is 410 g/mol. The van der Waals surface area contributed by atoms with Crippen molar-refractivity contribution in [2.75, 3.05) is 7.11 Å². The van der Waals surface area contributed by atoms with Gasteiger partial charge in [0.2, 0.25) is 5.91 Å². The molecule has 2 saturated carbocycles. The van der Waals surface area contributed by atoms with Crippen molar-refractivity contribution in [1.29, 1.82) is 0 Å². The molecule has 1 amide bonds. The van der Waals surface area contributed by atoms with Gasteiger partial charge in [-0.2, -0.15) is 5.10 Å². The summed E-state index contributed by atoms with van der Waals surface area (Å²) in [5.74, 6) is 2.62. The van der Waals surface area contributed by atoms with Crippen molar-refractivity contribution >= 4 is 5.91 Å². The van der Waals surface area contributed by atoms with Gasteiger partial charge in [0.1, 0.15) is 5.75 Å². The Morgan fingerprint density at radius 2 is 1.83 bits per heavy atom. The fourth-order valence-electron chi connectivity index (χ4n) is 5.56. The lowest BCUT2D eigenvalue weighted by Gasteiger charge is -2.55. The Balaban J connectivity index is 1.47. The molecule has 2 aromatic rings. The lowest BCUT2D eigenvalue weighted by atomic mass is 9.53. The van der Waals surface area contributed by atoms with Crippen LogP contribution >= 0.6 is 0 Å². The van der Waals surface area contributed by atoms with Crippen LogP contribution in [0, 0.1) is 38.5 Å². The molecule has 5 nitrogen and oxygen atoms in total.